The summed E-state index contributed by atoms with van der Waals surface area (Å²) in [5.74, 6) is 0.961. The van der Waals surface area contributed by atoms with Crippen molar-refractivity contribution in [1.82, 2.24) is 4.40 Å². The van der Waals surface area contributed by atoms with Crippen molar-refractivity contribution in [2.45, 2.75) is 12.3 Å². The molecule has 0 amide bonds. The van der Waals surface area contributed by atoms with Crippen LogP contribution in [0.25, 0.3) is 69.4 Å². The molecule has 2 aliphatic carbocycles. The summed E-state index contributed by atoms with van der Waals surface area (Å²) in [7, 11) is 0. The summed E-state index contributed by atoms with van der Waals surface area (Å²) < 4.78 is 5.17. The molecule has 2 atom stereocenters. The first-order valence-corrected chi connectivity index (χ1v) is 19.1. The van der Waals surface area contributed by atoms with Gasteiger partial charge in [-0.1, -0.05) is 121 Å². The van der Waals surface area contributed by atoms with E-state index in [2.05, 4.69) is 179 Å². The fourth-order valence-electron chi connectivity index (χ4n) is 9.47. The molecule has 52 heavy (non-hydrogen) atoms. The Balaban J connectivity index is 1.10. The van der Waals surface area contributed by atoms with E-state index in [4.69, 9.17) is 0 Å². The molecule has 3 heterocycles. The molecule has 10 aromatic rings. The SMILES string of the molecule is C1=CC2Cc3ccc(N(c4ccc(-c5cccc6c5sc5ccccc56)cc4)c4ccc5c6ccccc6n6c7ccccc7c4c56)cc3C2C=C1. The van der Waals surface area contributed by atoms with Crippen molar-refractivity contribution in [2.75, 3.05) is 4.90 Å². The van der Waals surface area contributed by atoms with Gasteiger partial charge in [-0.25, -0.2) is 0 Å². The zero-order valence-corrected chi connectivity index (χ0v) is 29.1. The molecule has 0 bridgehead atoms. The van der Waals surface area contributed by atoms with Gasteiger partial charge in [-0.05, 0) is 83.1 Å². The number of allylic oxidation sites excluding steroid dienone is 4. The maximum absolute atomic E-state index is 2.51. The Kier molecular flexibility index (Phi) is 5.86. The highest BCUT2D eigenvalue weighted by atomic mass is 32.1. The average Bonchev–Trinajstić information content (AvgIpc) is 3.95. The lowest BCUT2D eigenvalue weighted by Crippen LogP contribution is -2.11. The normalized spacial score (nSPS) is 16.6. The predicted octanol–water partition coefficient (Wildman–Crippen LogP) is 13.7. The molecular formula is C49H32N2S. The summed E-state index contributed by atoms with van der Waals surface area (Å²) >= 11 is 1.89. The van der Waals surface area contributed by atoms with Crippen molar-refractivity contribution < 1.29 is 0 Å². The van der Waals surface area contributed by atoms with E-state index in [1.165, 1.54) is 91.9 Å². The number of hydrogen-bond donors (Lipinski definition) is 0. The third-order valence-corrected chi connectivity index (χ3v) is 13.0. The van der Waals surface area contributed by atoms with Crippen LogP contribution in [-0.4, -0.2) is 4.40 Å². The monoisotopic (exact) mass is 680 g/mol. The lowest BCUT2D eigenvalue weighted by Gasteiger charge is -2.28. The first-order chi connectivity index (χ1) is 25.8. The fraction of sp³-hybridized carbons (Fsp3) is 0.0612. The Labute approximate surface area is 305 Å². The highest BCUT2D eigenvalue weighted by Gasteiger charge is 2.31. The van der Waals surface area contributed by atoms with E-state index in [0.29, 0.717) is 11.8 Å². The number of fused-ring (bicyclic) bond motifs is 12. The van der Waals surface area contributed by atoms with E-state index in [1.807, 2.05) is 11.3 Å². The standard InChI is InChI=1S/C49H32N2S/c1-2-11-35-31(10-1)28-32-22-25-34(29-42(32)35)50(33-23-20-30(21-24-33)36-15-9-16-40-38-13-5-8-19-46(38)52-49(36)40)45-27-26-39-37-12-3-6-17-43(37)51-44-18-7-4-14-41(44)47(45)48(39)51/h1-27,29,31,35H,28H2. The Morgan fingerprint density at radius 3 is 2.19 bits per heavy atom. The van der Waals surface area contributed by atoms with Gasteiger partial charge < -0.3 is 9.30 Å². The van der Waals surface area contributed by atoms with Crippen molar-refractivity contribution in [3.05, 3.63) is 181 Å². The molecule has 2 aliphatic rings. The Bertz CT molecular complexity index is 3120. The molecule has 3 aromatic heterocycles. The van der Waals surface area contributed by atoms with E-state index in [9.17, 15) is 0 Å². The predicted molar refractivity (Wildman–Crippen MR) is 222 cm³/mol. The van der Waals surface area contributed by atoms with Crippen molar-refractivity contribution in [1.29, 1.82) is 0 Å². The van der Waals surface area contributed by atoms with Crippen LogP contribution in [0, 0.1) is 5.92 Å². The van der Waals surface area contributed by atoms with E-state index >= 15 is 0 Å². The molecule has 0 radical (unpaired) electrons. The van der Waals surface area contributed by atoms with Crippen LogP contribution in [0.15, 0.2) is 170 Å². The number of nitrogens with zero attached hydrogens (tertiary/aromatic N) is 2. The van der Waals surface area contributed by atoms with Crippen LogP contribution in [0.1, 0.15) is 17.0 Å². The topological polar surface area (TPSA) is 7.65 Å². The number of thiophene rings is 1. The van der Waals surface area contributed by atoms with Crippen LogP contribution in [0.2, 0.25) is 0 Å². The van der Waals surface area contributed by atoms with Crippen LogP contribution in [0.5, 0.6) is 0 Å². The average molecular weight is 681 g/mol. The molecule has 7 aromatic carbocycles. The largest absolute Gasteiger partial charge is 0.310 e. The summed E-state index contributed by atoms with van der Waals surface area (Å²) in [6.07, 6.45) is 10.3. The lowest BCUT2D eigenvalue weighted by molar-refractivity contribution is 0.630. The van der Waals surface area contributed by atoms with Gasteiger partial charge in [0.2, 0.25) is 0 Å². The van der Waals surface area contributed by atoms with Crippen LogP contribution in [-0.2, 0) is 6.42 Å². The van der Waals surface area contributed by atoms with E-state index in [-0.39, 0.29) is 0 Å². The minimum absolute atomic E-state index is 0.423. The first kappa shape index (κ1) is 28.5. The quantitative estimate of drug-likeness (QED) is 0.180. The summed E-state index contributed by atoms with van der Waals surface area (Å²) in [5, 5.41) is 7.84. The fourth-order valence-corrected chi connectivity index (χ4v) is 10.7. The summed E-state index contributed by atoms with van der Waals surface area (Å²) in [4.78, 5) is 2.51. The zero-order chi connectivity index (χ0) is 33.9. The van der Waals surface area contributed by atoms with E-state index in [1.54, 1.807) is 0 Å². The molecule has 0 N–H and O–H groups in total. The van der Waals surface area contributed by atoms with Gasteiger partial charge >= 0.3 is 0 Å². The summed E-state index contributed by atoms with van der Waals surface area (Å²) in [6, 6.07) is 54.5. The minimum Gasteiger partial charge on any atom is -0.310 e. The van der Waals surface area contributed by atoms with Gasteiger partial charge in [0.1, 0.15) is 0 Å². The van der Waals surface area contributed by atoms with Gasteiger partial charge in [0.05, 0.1) is 22.2 Å². The molecule has 0 fully saturated rings. The zero-order valence-electron chi connectivity index (χ0n) is 28.3. The van der Waals surface area contributed by atoms with E-state index in [0.717, 1.165) is 12.1 Å². The molecular weight excluding hydrogens is 649 g/mol. The van der Waals surface area contributed by atoms with Crippen molar-refractivity contribution in [3.63, 3.8) is 0 Å². The highest BCUT2D eigenvalue weighted by molar-refractivity contribution is 7.26. The van der Waals surface area contributed by atoms with Crippen molar-refractivity contribution >= 4 is 86.7 Å². The van der Waals surface area contributed by atoms with Gasteiger partial charge in [0.25, 0.3) is 0 Å². The Morgan fingerprint density at radius 2 is 1.31 bits per heavy atom. The van der Waals surface area contributed by atoms with Crippen LogP contribution in [0.3, 0.4) is 0 Å². The van der Waals surface area contributed by atoms with Crippen molar-refractivity contribution in [3.8, 4) is 11.1 Å². The maximum atomic E-state index is 2.51. The minimum atomic E-state index is 0.423. The maximum Gasteiger partial charge on any atom is 0.0641 e. The second-order valence-electron chi connectivity index (χ2n) is 14.4. The molecule has 2 nitrogen and oxygen atoms in total. The van der Waals surface area contributed by atoms with Gasteiger partial charge in [0.15, 0.2) is 0 Å². The smallest absolute Gasteiger partial charge is 0.0641 e. The number of rotatable bonds is 4. The number of hydrogen-bond acceptors (Lipinski definition) is 2. The summed E-state index contributed by atoms with van der Waals surface area (Å²) in [5.41, 5.74) is 12.8. The van der Waals surface area contributed by atoms with Gasteiger partial charge in [-0.2, -0.15) is 0 Å². The van der Waals surface area contributed by atoms with Crippen molar-refractivity contribution in [2.24, 2.45) is 5.92 Å². The van der Waals surface area contributed by atoms with Crippen LogP contribution < -0.4 is 4.90 Å². The molecule has 2 unspecified atom stereocenters. The Hall–Kier alpha value is -6.16. The molecule has 12 rings (SSSR count). The lowest BCUT2D eigenvalue weighted by atomic mass is 9.89. The first-order valence-electron chi connectivity index (χ1n) is 18.2. The molecule has 244 valence electrons. The van der Waals surface area contributed by atoms with Gasteiger partial charge in [0, 0.05) is 59.0 Å². The van der Waals surface area contributed by atoms with E-state index < -0.39 is 0 Å². The van der Waals surface area contributed by atoms with Crippen LogP contribution in [0.4, 0.5) is 17.1 Å². The second-order valence-corrected chi connectivity index (χ2v) is 15.5. The number of aromatic nitrogens is 1. The number of benzene rings is 7. The molecule has 0 aliphatic heterocycles. The summed E-state index contributed by atoms with van der Waals surface area (Å²) in [6.45, 7) is 0. The highest BCUT2D eigenvalue weighted by Crippen LogP contribution is 2.50. The Morgan fingerprint density at radius 1 is 0.577 bits per heavy atom. The second kappa shape index (κ2) is 10.7. The number of para-hydroxylation sites is 2. The molecule has 0 spiro atoms. The molecule has 0 saturated heterocycles. The number of anilines is 3. The third-order valence-electron chi connectivity index (χ3n) is 11.8. The van der Waals surface area contributed by atoms with Crippen LogP contribution >= 0.6 is 11.3 Å². The molecule has 3 heteroatoms. The molecule has 0 saturated carbocycles. The van der Waals surface area contributed by atoms with Gasteiger partial charge in [-0.3, -0.25) is 0 Å². The third kappa shape index (κ3) is 3.89. The van der Waals surface area contributed by atoms with Gasteiger partial charge in [-0.15, -0.1) is 11.3 Å².